The molecule has 0 aliphatic rings. The Labute approximate surface area is 124 Å². The Hall–Kier alpha value is -0.790. The highest BCUT2D eigenvalue weighted by Gasteiger charge is 2.27. The molecule has 1 aromatic rings. The van der Waals surface area contributed by atoms with Crippen molar-refractivity contribution in [1.29, 1.82) is 0 Å². The minimum Gasteiger partial charge on any atom is -0.467 e. The van der Waals surface area contributed by atoms with Crippen LogP contribution in [0.1, 0.15) is 25.5 Å². The van der Waals surface area contributed by atoms with Gasteiger partial charge < -0.3 is 14.8 Å². The largest absolute Gasteiger partial charge is 0.467 e. The lowest BCUT2D eigenvalue weighted by atomic mass is 10.1. The first-order valence-electron chi connectivity index (χ1n) is 6.13. The molecule has 7 heteroatoms. The summed E-state index contributed by atoms with van der Waals surface area (Å²) in [6.45, 7) is 2.95. The van der Waals surface area contributed by atoms with E-state index in [0.717, 1.165) is 16.6 Å². The topological polar surface area (TPSA) is 30.5 Å². The van der Waals surface area contributed by atoms with Crippen molar-refractivity contribution in [2.75, 3.05) is 19.9 Å². The summed E-state index contributed by atoms with van der Waals surface area (Å²) in [5, 5.41) is 3.22. The zero-order chi connectivity index (χ0) is 15.2. The second-order valence-electron chi connectivity index (χ2n) is 4.19. The van der Waals surface area contributed by atoms with E-state index in [0.29, 0.717) is 5.75 Å². The zero-order valence-electron chi connectivity index (χ0n) is 11.3. The van der Waals surface area contributed by atoms with Crippen LogP contribution in [0.2, 0.25) is 0 Å². The maximum absolute atomic E-state index is 11.9. The highest BCUT2D eigenvalue weighted by molar-refractivity contribution is 9.10. The number of nitrogens with one attached hydrogen (secondary N) is 1. The fraction of sp³-hybridized carbons (Fsp3) is 0.538. The Bertz CT molecular complexity index is 427. The molecule has 1 atom stereocenters. The molecule has 0 spiro atoms. The normalized spacial score (nSPS) is 13.3. The van der Waals surface area contributed by atoms with E-state index in [1.54, 1.807) is 12.1 Å². The van der Waals surface area contributed by atoms with Crippen molar-refractivity contribution in [2.45, 2.75) is 26.1 Å². The van der Waals surface area contributed by atoms with Crippen molar-refractivity contribution >= 4 is 15.9 Å². The summed E-state index contributed by atoms with van der Waals surface area (Å²) < 4.78 is 46.4. The van der Waals surface area contributed by atoms with Gasteiger partial charge >= 0.3 is 6.18 Å². The minimum absolute atomic E-state index is 0.0233. The van der Waals surface area contributed by atoms with Gasteiger partial charge in [0.15, 0.2) is 6.79 Å². The maximum atomic E-state index is 11.9. The molecule has 0 saturated heterocycles. The van der Waals surface area contributed by atoms with Crippen LogP contribution < -0.4 is 10.1 Å². The molecule has 0 radical (unpaired) electrons. The van der Waals surface area contributed by atoms with E-state index in [2.05, 4.69) is 26.0 Å². The van der Waals surface area contributed by atoms with E-state index in [4.69, 9.17) is 4.74 Å². The molecule has 1 rings (SSSR count). The molecule has 0 aliphatic carbocycles. The molecule has 1 N–H and O–H groups in total. The molecule has 0 saturated carbocycles. The van der Waals surface area contributed by atoms with E-state index in [1.165, 1.54) is 0 Å². The van der Waals surface area contributed by atoms with Crippen molar-refractivity contribution in [1.82, 2.24) is 5.32 Å². The van der Waals surface area contributed by atoms with Crippen molar-refractivity contribution in [2.24, 2.45) is 0 Å². The molecule has 0 amide bonds. The molecule has 114 valence electrons. The third-order valence-electron chi connectivity index (χ3n) is 2.51. The van der Waals surface area contributed by atoms with Crippen molar-refractivity contribution in [3.8, 4) is 5.75 Å². The van der Waals surface area contributed by atoms with E-state index >= 15 is 0 Å². The maximum Gasteiger partial charge on any atom is 0.411 e. The average molecular weight is 356 g/mol. The SMILES string of the molecule is CCNC(C)c1cc(Br)ccc1OCOCC(F)(F)F. The third-order valence-corrected chi connectivity index (χ3v) is 3.01. The van der Waals surface area contributed by atoms with Crippen LogP contribution in [0.3, 0.4) is 0 Å². The monoisotopic (exact) mass is 355 g/mol. The van der Waals surface area contributed by atoms with Gasteiger partial charge in [-0.05, 0) is 31.7 Å². The second-order valence-corrected chi connectivity index (χ2v) is 5.10. The molecule has 1 unspecified atom stereocenters. The van der Waals surface area contributed by atoms with Crippen LogP contribution in [0.4, 0.5) is 13.2 Å². The third kappa shape index (κ3) is 6.11. The Kier molecular flexibility index (Phi) is 6.78. The van der Waals surface area contributed by atoms with Gasteiger partial charge in [0.25, 0.3) is 0 Å². The van der Waals surface area contributed by atoms with E-state index in [1.807, 2.05) is 19.9 Å². The predicted octanol–water partition coefficient (Wildman–Crippen LogP) is 4.03. The van der Waals surface area contributed by atoms with Gasteiger partial charge in [-0.25, -0.2) is 0 Å². The summed E-state index contributed by atoms with van der Waals surface area (Å²) in [4.78, 5) is 0. The number of halogens is 4. The second kappa shape index (κ2) is 7.85. The van der Waals surface area contributed by atoms with Gasteiger partial charge in [0, 0.05) is 16.1 Å². The number of hydrogen-bond donors (Lipinski definition) is 1. The highest BCUT2D eigenvalue weighted by atomic mass is 79.9. The summed E-state index contributed by atoms with van der Waals surface area (Å²) in [5.74, 6) is 0.504. The van der Waals surface area contributed by atoms with Crippen molar-refractivity contribution < 1.29 is 22.6 Å². The van der Waals surface area contributed by atoms with Gasteiger partial charge in [0.1, 0.15) is 12.4 Å². The predicted molar refractivity (Wildman–Crippen MR) is 73.7 cm³/mol. The number of benzene rings is 1. The van der Waals surface area contributed by atoms with E-state index in [-0.39, 0.29) is 6.04 Å². The van der Waals surface area contributed by atoms with Crippen LogP contribution in [0, 0.1) is 0 Å². The summed E-state index contributed by atoms with van der Waals surface area (Å²) in [5.41, 5.74) is 0.858. The average Bonchev–Trinajstić information content (AvgIpc) is 2.35. The summed E-state index contributed by atoms with van der Waals surface area (Å²) in [6, 6.07) is 5.35. The van der Waals surface area contributed by atoms with Crippen LogP contribution >= 0.6 is 15.9 Å². The summed E-state index contributed by atoms with van der Waals surface area (Å²) >= 11 is 3.36. The molecular formula is C13H17BrF3NO2. The van der Waals surface area contributed by atoms with Crippen molar-refractivity contribution in [3.05, 3.63) is 28.2 Å². The lowest BCUT2D eigenvalue weighted by molar-refractivity contribution is -0.186. The number of hydrogen-bond acceptors (Lipinski definition) is 3. The van der Waals surface area contributed by atoms with Crippen LogP contribution in [0.25, 0.3) is 0 Å². The highest BCUT2D eigenvalue weighted by Crippen LogP contribution is 2.28. The Morgan fingerprint density at radius 1 is 1.35 bits per heavy atom. The fourth-order valence-corrected chi connectivity index (χ4v) is 2.05. The van der Waals surface area contributed by atoms with Gasteiger partial charge in [-0.2, -0.15) is 13.2 Å². The van der Waals surface area contributed by atoms with Gasteiger partial charge in [-0.1, -0.05) is 22.9 Å². The lowest BCUT2D eigenvalue weighted by Crippen LogP contribution is -2.21. The first kappa shape index (κ1) is 17.3. The Balaban J connectivity index is 2.64. The summed E-state index contributed by atoms with van der Waals surface area (Å²) in [7, 11) is 0. The molecule has 0 aromatic heterocycles. The number of ether oxygens (including phenoxy) is 2. The molecule has 1 aromatic carbocycles. The number of rotatable bonds is 7. The van der Waals surface area contributed by atoms with E-state index in [9.17, 15) is 13.2 Å². The molecule has 0 fully saturated rings. The fourth-order valence-electron chi connectivity index (χ4n) is 1.67. The first-order chi connectivity index (χ1) is 9.33. The van der Waals surface area contributed by atoms with Gasteiger partial charge in [-0.3, -0.25) is 0 Å². The quantitative estimate of drug-likeness (QED) is 0.591. The van der Waals surface area contributed by atoms with Crippen LogP contribution in [0.5, 0.6) is 5.75 Å². The summed E-state index contributed by atoms with van der Waals surface area (Å²) in [6.07, 6.45) is -4.34. The molecule has 0 bridgehead atoms. The van der Waals surface area contributed by atoms with Crippen LogP contribution in [-0.2, 0) is 4.74 Å². The smallest absolute Gasteiger partial charge is 0.411 e. The molecular weight excluding hydrogens is 339 g/mol. The zero-order valence-corrected chi connectivity index (χ0v) is 12.8. The van der Waals surface area contributed by atoms with Crippen LogP contribution in [-0.4, -0.2) is 26.1 Å². The van der Waals surface area contributed by atoms with Gasteiger partial charge in [0.2, 0.25) is 0 Å². The minimum atomic E-state index is -4.34. The van der Waals surface area contributed by atoms with Gasteiger partial charge in [0.05, 0.1) is 0 Å². The standard InChI is InChI=1S/C13H17BrF3NO2/c1-3-18-9(2)11-6-10(14)4-5-12(11)20-8-19-7-13(15,16)17/h4-6,9,18H,3,7-8H2,1-2H3. The molecule has 20 heavy (non-hydrogen) atoms. The first-order valence-corrected chi connectivity index (χ1v) is 6.93. The molecule has 3 nitrogen and oxygen atoms in total. The van der Waals surface area contributed by atoms with Crippen LogP contribution in [0.15, 0.2) is 22.7 Å². The molecule has 0 aliphatic heterocycles. The van der Waals surface area contributed by atoms with Gasteiger partial charge in [-0.15, -0.1) is 0 Å². The number of alkyl halides is 3. The Morgan fingerprint density at radius 3 is 2.65 bits per heavy atom. The lowest BCUT2D eigenvalue weighted by Gasteiger charge is -2.18. The Morgan fingerprint density at radius 2 is 2.05 bits per heavy atom. The molecule has 0 heterocycles. The van der Waals surface area contributed by atoms with E-state index < -0.39 is 19.6 Å². The van der Waals surface area contributed by atoms with Crippen molar-refractivity contribution in [3.63, 3.8) is 0 Å².